The smallest absolute Gasteiger partial charge is 0.353 e. The largest absolute Gasteiger partial charge is 0.477 e. The van der Waals surface area contributed by atoms with Gasteiger partial charge in [-0.2, -0.15) is 0 Å². The molecular weight excluding hydrogens is 414 g/mol. The van der Waals surface area contributed by atoms with Crippen molar-refractivity contribution in [2.45, 2.75) is 6.54 Å². The molecule has 31 heavy (non-hydrogen) atoms. The Bertz CT molecular complexity index is 1520. The van der Waals surface area contributed by atoms with Crippen molar-refractivity contribution in [2.24, 2.45) is 0 Å². The Morgan fingerprint density at radius 3 is 2.55 bits per heavy atom. The van der Waals surface area contributed by atoms with Gasteiger partial charge in [0.25, 0.3) is 5.56 Å². The van der Waals surface area contributed by atoms with Crippen LogP contribution in [0.3, 0.4) is 0 Å². The fraction of sp³-hybridized carbons (Fsp3) is 0.0417. The van der Waals surface area contributed by atoms with Crippen LogP contribution in [0.2, 0.25) is 5.02 Å². The monoisotopic (exact) mass is 429 g/mol. The fourth-order valence-electron chi connectivity index (χ4n) is 3.92. The van der Waals surface area contributed by atoms with Gasteiger partial charge in [0.1, 0.15) is 11.4 Å². The van der Waals surface area contributed by atoms with E-state index < -0.39 is 11.5 Å². The molecule has 0 fully saturated rings. The van der Waals surface area contributed by atoms with Crippen LogP contribution in [0.1, 0.15) is 16.1 Å². The second-order valence-electron chi connectivity index (χ2n) is 7.19. The Morgan fingerprint density at radius 2 is 1.77 bits per heavy atom. The fourth-order valence-corrected chi connectivity index (χ4v) is 4.09. The molecule has 0 saturated carbocycles. The Kier molecular flexibility index (Phi) is 4.56. The average Bonchev–Trinajstić information content (AvgIpc) is 3.07. The molecule has 7 heteroatoms. The summed E-state index contributed by atoms with van der Waals surface area (Å²) < 4.78 is 1.69. The number of carbonyl (C=O) groups is 1. The van der Waals surface area contributed by atoms with Gasteiger partial charge < -0.3 is 14.7 Å². The zero-order valence-corrected chi connectivity index (χ0v) is 16.9. The van der Waals surface area contributed by atoms with Gasteiger partial charge in [0.15, 0.2) is 0 Å². The van der Waals surface area contributed by atoms with Gasteiger partial charge in [-0.1, -0.05) is 54.1 Å². The minimum Gasteiger partial charge on any atom is -0.477 e. The third-order valence-electron chi connectivity index (χ3n) is 5.25. The van der Waals surface area contributed by atoms with E-state index in [-0.39, 0.29) is 17.0 Å². The first-order valence-corrected chi connectivity index (χ1v) is 9.99. The molecule has 0 spiro atoms. The maximum absolute atomic E-state index is 13.0. The molecule has 3 aromatic carbocycles. The van der Waals surface area contributed by atoms with E-state index in [2.05, 4.69) is 9.97 Å². The van der Waals surface area contributed by atoms with Crippen molar-refractivity contribution < 1.29 is 9.90 Å². The van der Waals surface area contributed by atoms with E-state index in [1.54, 1.807) is 41.0 Å². The van der Waals surface area contributed by atoms with Gasteiger partial charge in [0, 0.05) is 28.0 Å². The minimum absolute atomic E-state index is 0.00518. The molecule has 6 nitrogen and oxygen atoms in total. The second kappa shape index (κ2) is 7.41. The molecule has 0 unspecified atom stereocenters. The number of nitrogens with one attached hydrogen (secondary N) is 1. The van der Waals surface area contributed by atoms with E-state index >= 15 is 0 Å². The summed E-state index contributed by atoms with van der Waals surface area (Å²) in [5.41, 5.74) is 2.59. The summed E-state index contributed by atoms with van der Waals surface area (Å²) >= 11 is 6.25. The van der Waals surface area contributed by atoms with Gasteiger partial charge in [-0.05, 0) is 35.9 Å². The Hall–Kier alpha value is -3.90. The normalized spacial score (nSPS) is 11.3. The summed E-state index contributed by atoms with van der Waals surface area (Å²) in [4.78, 5) is 32.7. The lowest BCUT2D eigenvalue weighted by Crippen LogP contribution is -2.15. The molecule has 0 saturated heterocycles. The van der Waals surface area contributed by atoms with Crippen LogP contribution in [0.5, 0.6) is 0 Å². The standard InChI is InChI=1S/C24H16ClN3O3/c25-15-10-11-19-16(12-15)20(21-23(29)27-18-9-5-4-8-17(18)26-21)22(24(30)31)28(19)13-14-6-2-1-3-7-14/h1-12H,13H2,(H,27,29)(H,30,31). The number of aromatic amines is 1. The minimum atomic E-state index is -1.15. The van der Waals surface area contributed by atoms with Gasteiger partial charge in [-0.3, -0.25) is 4.79 Å². The number of hydrogen-bond donors (Lipinski definition) is 2. The zero-order chi connectivity index (χ0) is 21.5. The van der Waals surface area contributed by atoms with Crippen LogP contribution < -0.4 is 5.56 Å². The van der Waals surface area contributed by atoms with E-state index in [1.165, 1.54) is 0 Å². The van der Waals surface area contributed by atoms with Crippen LogP contribution in [0, 0.1) is 0 Å². The molecule has 0 radical (unpaired) electrons. The van der Waals surface area contributed by atoms with Crippen molar-refractivity contribution in [2.75, 3.05) is 0 Å². The van der Waals surface area contributed by atoms with Crippen molar-refractivity contribution in [3.05, 3.63) is 99.4 Å². The lowest BCUT2D eigenvalue weighted by atomic mass is 10.1. The Morgan fingerprint density at radius 1 is 1.03 bits per heavy atom. The number of para-hydroxylation sites is 2. The average molecular weight is 430 g/mol. The summed E-state index contributed by atoms with van der Waals surface area (Å²) in [6, 6.07) is 21.8. The van der Waals surface area contributed by atoms with Crippen molar-refractivity contribution >= 4 is 39.5 Å². The molecule has 2 aromatic heterocycles. The summed E-state index contributed by atoms with van der Waals surface area (Å²) in [7, 11) is 0. The summed E-state index contributed by atoms with van der Waals surface area (Å²) in [5.74, 6) is -1.15. The van der Waals surface area contributed by atoms with Crippen molar-refractivity contribution in [3.8, 4) is 11.3 Å². The summed E-state index contributed by atoms with van der Waals surface area (Å²) in [6.45, 7) is 0.325. The van der Waals surface area contributed by atoms with Crippen molar-refractivity contribution in [1.29, 1.82) is 0 Å². The van der Waals surface area contributed by atoms with Gasteiger partial charge in [-0.15, -0.1) is 0 Å². The number of aromatic carboxylic acids is 1. The van der Waals surface area contributed by atoms with Crippen LogP contribution in [-0.4, -0.2) is 25.6 Å². The lowest BCUT2D eigenvalue weighted by molar-refractivity contribution is 0.0687. The zero-order valence-electron chi connectivity index (χ0n) is 16.2. The van der Waals surface area contributed by atoms with E-state index in [9.17, 15) is 14.7 Å². The number of carboxylic acid groups (broad SMARTS) is 1. The van der Waals surface area contributed by atoms with E-state index in [1.807, 2.05) is 36.4 Å². The number of hydrogen-bond acceptors (Lipinski definition) is 3. The number of rotatable bonds is 4. The third-order valence-corrected chi connectivity index (χ3v) is 5.48. The molecule has 2 heterocycles. The molecule has 0 amide bonds. The third kappa shape index (κ3) is 3.27. The molecule has 0 aliphatic heterocycles. The van der Waals surface area contributed by atoms with Crippen LogP contribution in [0.4, 0.5) is 0 Å². The van der Waals surface area contributed by atoms with Gasteiger partial charge in [0.05, 0.1) is 11.0 Å². The number of halogens is 1. The number of nitrogens with zero attached hydrogens (tertiary/aromatic N) is 2. The SMILES string of the molecule is O=C(O)c1c(-c2nc3ccccc3[nH]c2=O)c2cc(Cl)ccc2n1Cc1ccccc1. The predicted octanol–water partition coefficient (Wildman–Crippen LogP) is 4.94. The van der Waals surface area contributed by atoms with Gasteiger partial charge >= 0.3 is 5.97 Å². The van der Waals surface area contributed by atoms with Crippen LogP contribution in [0.25, 0.3) is 33.2 Å². The number of aromatic nitrogens is 3. The number of carboxylic acids is 1. The first-order valence-electron chi connectivity index (χ1n) is 9.61. The topological polar surface area (TPSA) is 88.0 Å². The van der Waals surface area contributed by atoms with Gasteiger partial charge in [0.2, 0.25) is 0 Å². The maximum atomic E-state index is 13.0. The van der Waals surface area contributed by atoms with Crippen LogP contribution in [0.15, 0.2) is 77.6 Å². The molecule has 0 bridgehead atoms. The van der Waals surface area contributed by atoms with E-state index in [0.29, 0.717) is 33.5 Å². The van der Waals surface area contributed by atoms with Gasteiger partial charge in [-0.25, -0.2) is 9.78 Å². The predicted molar refractivity (Wildman–Crippen MR) is 121 cm³/mol. The maximum Gasteiger partial charge on any atom is 0.353 e. The highest BCUT2D eigenvalue weighted by Crippen LogP contribution is 2.35. The number of fused-ring (bicyclic) bond motifs is 2. The molecule has 5 aromatic rings. The molecular formula is C24H16ClN3O3. The highest BCUT2D eigenvalue weighted by molar-refractivity contribution is 6.31. The highest BCUT2D eigenvalue weighted by Gasteiger charge is 2.26. The van der Waals surface area contributed by atoms with E-state index in [0.717, 1.165) is 5.56 Å². The second-order valence-corrected chi connectivity index (χ2v) is 7.63. The van der Waals surface area contributed by atoms with Crippen LogP contribution >= 0.6 is 11.6 Å². The van der Waals surface area contributed by atoms with Crippen molar-refractivity contribution in [3.63, 3.8) is 0 Å². The van der Waals surface area contributed by atoms with Crippen LogP contribution in [-0.2, 0) is 6.54 Å². The first kappa shape index (κ1) is 19.1. The summed E-state index contributed by atoms with van der Waals surface area (Å²) in [6.07, 6.45) is 0. The molecule has 0 aliphatic rings. The number of benzene rings is 3. The van der Waals surface area contributed by atoms with E-state index in [4.69, 9.17) is 11.6 Å². The molecule has 5 rings (SSSR count). The lowest BCUT2D eigenvalue weighted by Gasteiger charge is -2.09. The Labute approximate surface area is 181 Å². The molecule has 2 N–H and O–H groups in total. The molecule has 0 atom stereocenters. The molecule has 0 aliphatic carbocycles. The Balaban J connectivity index is 1.87. The highest BCUT2D eigenvalue weighted by atomic mass is 35.5. The summed E-state index contributed by atoms with van der Waals surface area (Å²) in [5, 5.41) is 11.2. The number of H-pyrrole nitrogens is 1. The van der Waals surface area contributed by atoms with Crippen molar-refractivity contribution in [1.82, 2.24) is 14.5 Å². The molecule has 152 valence electrons. The quantitative estimate of drug-likeness (QED) is 0.423. The first-order chi connectivity index (χ1) is 15.0.